The molecule has 0 heterocycles. The number of nitrogens with one attached hydrogen (secondary N) is 3. The molecule has 0 radical (unpaired) electrons. The normalized spacial score (nSPS) is 10.4. The lowest BCUT2D eigenvalue weighted by molar-refractivity contribution is 0.102. The molecule has 2 amide bonds. The molecule has 7 nitrogen and oxygen atoms in total. The van der Waals surface area contributed by atoms with Gasteiger partial charge in [-0.05, 0) is 68.7 Å². The molecule has 0 atom stereocenters. The lowest BCUT2D eigenvalue weighted by Gasteiger charge is -2.22. The van der Waals surface area contributed by atoms with Gasteiger partial charge in [0.1, 0.15) is 5.84 Å². The Morgan fingerprint density at radius 1 is 0.889 bits per heavy atom. The van der Waals surface area contributed by atoms with Crippen LogP contribution in [-0.2, 0) is 0 Å². The highest BCUT2D eigenvalue weighted by Crippen LogP contribution is 2.23. The third-order valence-electron chi connectivity index (χ3n) is 5.47. The Labute approximate surface area is 216 Å². The zero-order valence-electron chi connectivity index (χ0n) is 20.4. The molecular formula is C28H28ClN5O2. The number of halogens is 1. The highest BCUT2D eigenvalue weighted by Gasteiger charge is 2.16. The number of nitrogens with zero attached hydrogens (tertiary/aromatic N) is 2. The van der Waals surface area contributed by atoms with E-state index in [1.165, 1.54) is 6.07 Å². The van der Waals surface area contributed by atoms with Gasteiger partial charge in [-0.1, -0.05) is 29.7 Å². The molecular weight excluding hydrogens is 474 g/mol. The zero-order valence-corrected chi connectivity index (χ0v) is 21.2. The minimum Gasteiger partial charge on any atom is -0.358 e. The summed E-state index contributed by atoms with van der Waals surface area (Å²) in [6.07, 6.45) is 5.37. The van der Waals surface area contributed by atoms with Crippen molar-refractivity contribution in [1.29, 1.82) is 5.41 Å². The monoisotopic (exact) mass is 501 g/mol. The van der Waals surface area contributed by atoms with Crippen LogP contribution in [0.1, 0.15) is 31.8 Å². The first kappa shape index (κ1) is 26.5. The van der Waals surface area contributed by atoms with E-state index >= 15 is 0 Å². The minimum absolute atomic E-state index is 0.220. The fraction of sp³-hybridized carbons (Fsp3) is 0.179. The van der Waals surface area contributed by atoms with Gasteiger partial charge in [0.05, 0.1) is 11.3 Å². The predicted molar refractivity (Wildman–Crippen MR) is 146 cm³/mol. The number of likely N-dealkylation sites (N-methyl/N-ethyl adjacent to an activating group) is 2. The first-order valence-electron chi connectivity index (χ1n) is 11.2. The number of amidine groups is 1. The third kappa shape index (κ3) is 6.95. The fourth-order valence-electron chi connectivity index (χ4n) is 3.32. The molecule has 0 saturated carbocycles. The second-order valence-electron chi connectivity index (χ2n) is 8.47. The Morgan fingerprint density at radius 2 is 1.53 bits per heavy atom. The van der Waals surface area contributed by atoms with Gasteiger partial charge >= 0.3 is 0 Å². The fourth-order valence-corrected chi connectivity index (χ4v) is 3.49. The van der Waals surface area contributed by atoms with Gasteiger partial charge in [0.2, 0.25) is 0 Å². The maximum Gasteiger partial charge on any atom is 0.257 e. The molecule has 0 aliphatic heterocycles. The van der Waals surface area contributed by atoms with Gasteiger partial charge in [-0.3, -0.25) is 15.0 Å². The molecule has 3 rings (SSSR count). The van der Waals surface area contributed by atoms with Crippen LogP contribution in [0.2, 0.25) is 5.02 Å². The Morgan fingerprint density at radius 3 is 2.14 bits per heavy atom. The zero-order chi connectivity index (χ0) is 26.2. The average molecular weight is 502 g/mol. The Bertz CT molecular complexity index is 1300. The molecule has 0 bridgehead atoms. The molecule has 0 aliphatic carbocycles. The van der Waals surface area contributed by atoms with Crippen molar-refractivity contribution in [2.24, 2.45) is 0 Å². The standard InChI is InChI=1S/C28H28ClN5O2/c1-5-19-6-13-23(14-7-19)31-28(36)24-18-22(29)12-15-25(24)32-27(35)21-10-8-20(9-11-21)26(30)34(4)17-16-33(2)3/h1,6-15,18,30H,16-17H2,2-4H3,(H,31,36)(H,32,35). The number of amides is 2. The summed E-state index contributed by atoms with van der Waals surface area (Å²) in [4.78, 5) is 29.8. The van der Waals surface area contributed by atoms with Crippen molar-refractivity contribution < 1.29 is 9.59 Å². The van der Waals surface area contributed by atoms with Crippen molar-refractivity contribution in [3.05, 3.63) is 94.0 Å². The Kier molecular flexibility index (Phi) is 8.85. The summed E-state index contributed by atoms with van der Waals surface area (Å²) in [5.41, 5.74) is 2.90. The van der Waals surface area contributed by atoms with Crippen molar-refractivity contribution in [2.45, 2.75) is 0 Å². The number of hydrogen-bond donors (Lipinski definition) is 3. The van der Waals surface area contributed by atoms with Crippen LogP contribution >= 0.6 is 11.6 Å². The SMILES string of the molecule is C#Cc1ccc(NC(=O)c2cc(Cl)ccc2NC(=O)c2ccc(C(=N)N(C)CCN(C)C)cc2)cc1. The number of carbonyl (C=O) groups excluding carboxylic acids is 2. The molecule has 3 aromatic carbocycles. The molecule has 3 aromatic rings. The summed E-state index contributed by atoms with van der Waals surface area (Å²) >= 11 is 6.13. The van der Waals surface area contributed by atoms with Crippen LogP contribution in [-0.4, -0.2) is 61.7 Å². The molecule has 36 heavy (non-hydrogen) atoms. The van der Waals surface area contributed by atoms with E-state index in [2.05, 4.69) is 21.5 Å². The first-order valence-corrected chi connectivity index (χ1v) is 11.6. The highest BCUT2D eigenvalue weighted by atomic mass is 35.5. The van der Waals surface area contributed by atoms with Crippen LogP contribution in [0.4, 0.5) is 11.4 Å². The highest BCUT2D eigenvalue weighted by molar-refractivity contribution is 6.31. The van der Waals surface area contributed by atoms with E-state index in [4.69, 9.17) is 23.4 Å². The van der Waals surface area contributed by atoms with Crippen LogP contribution in [0.3, 0.4) is 0 Å². The van der Waals surface area contributed by atoms with Crippen molar-refractivity contribution in [2.75, 3.05) is 44.9 Å². The van der Waals surface area contributed by atoms with E-state index in [1.807, 2.05) is 26.0 Å². The van der Waals surface area contributed by atoms with Crippen LogP contribution in [0.15, 0.2) is 66.7 Å². The maximum atomic E-state index is 12.9. The number of rotatable bonds is 8. The topological polar surface area (TPSA) is 88.5 Å². The van der Waals surface area contributed by atoms with E-state index < -0.39 is 5.91 Å². The van der Waals surface area contributed by atoms with Crippen molar-refractivity contribution >= 4 is 40.6 Å². The first-order chi connectivity index (χ1) is 17.2. The number of carbonyl (C=O) groups is 2. The van der Waals surface area contributed by atoms with Gasteiger partial charge in [0, 0.05) is 47.5 Å². The third-order valence-corrected chi connectivity index (χ3v) is 5.70. The lowest BCUT2D eigenvalue weighted by Crippen LogP contribution is -2.33. The molecule has 0 unspecified atom stereocenters. The van der Waals surface area contributed by atoms with E-state index in [9.17, 15) is 9.59 Å². The van der Waals surface area contributed by atoms with Gasteiger partial charge in [-0.2, -0.15) is 0 Å². The molecule has 8 heteroatoms. The van der Waals surface area contributed by atoms with E-state index in [1.54, 1.807) is 60.7 Å². The quantitative estimate of drug-likeness (QED) is 0.238. The summed E-state index contributed by atoms with van der Waals surface area (Å²) in [5.74, 6) is 2.08. The second kappa shape index (κ2) is 12.0. The number of anilines is 2. The Hall–Kier alpha value is -4.12. The van der Waals surface area contributed by atoms with Crippen molar-refractivity contribution in [1.82, 2.24) is 9.80 Å². The molecule has 0 fully saturated rings. The summed E-state index contributed by atoms with van der Waals surface area (Å²) in [7, 11) is 5.83. The van der Waals surface area contributed by atoms with Crippen LogP contribution in [0, 0.1) is 17.8 Å². The van der Waals surface area contributed by atoms with Crippen LogP contribution in [0.25, 0.3) is 0 Å². The number of benzene rings is 3. The van der Waals surface area contributed by atoms with Gasteiger partial charge in [-0.15, -0.1) is 6.42 Å². The number of hydrogen-bond acceptors (Lipinski definition) is 4. The number of terminal acetylenes is 1. The molecule has 0 spiro atoms. The molecule has 0 aliphatic rings. The van der Waals surface area contributed by atoms with Gasteiger partial charge in [0.15, 0.2) is 0 Å². The molecule has 3 N–H and O–H groups in total. The van der Waals surface area contributed by atoms with Gasteiger partial charge < -0.3 is 20.4 Å². The minimum atomic E-state index is -0.425. The smallest absolute Gasteiger partial charge is 0.257 e. The van der Waals surface area contributed by atoms with Gasteiger partial charge in [-0.25, -0.2) is 0 Å². The maximum absolute atomic E-state index is 12.9. The predicted octanol–water partition coefficient (Wildman–Crippen LogP) is 4.64. The summed E-state index contributed by atoms with van der Waals surface area (Å²) < 4.78 is 0. The lowest BCUT2D eigenvalue weighted by atomic mass is 10.1. The Balaban J connectivity index is 1.72. The van der Waals surface area contributed by atoms with Gasteiger partial charge in [0.25, 0.3) is 11.8 Å². The van der Waals surface area contributed by atoms with E-state index in [0.717, 1.165) is 6.54 Å². The summed E-state index contributed by atoms with van der Waals surface area (Å²) in [5, 5.41) is 14.3. The van der Waals surface area contributed by atoms with E-state index in [-0.39, 0.29) is 11.5 Å². The summed E-state index contributed by atoms with van der Waals surface area (Å²) in [6, 6.07) is 18.3. The van der Waals surface area contributed by atoms with Crippen LogP contribution < -0.4 is 10.6 Å². The average Bonchev–Trinajstić information content (AvgIpc) is 2.88. The van der Waals surface area contributed by atoms with E-state index in [0.29, 0.717) is 45.5 Å². The second-order valence-corrected chi connectivity index (χ2v) is 8.91. The van der Waals surface area contributed by atoms with Crippen molar-refractivity contribution in [3.8, 4) is 12.3 Å². The molecule has 0 aromatic heterocycles. The van der Waals surface area contributed by atoms with Crippen molar-refractivity contribution in [3.63, 3.8) is 0 Å². The largest absolute Gasteiger partial charge is 0.358 e. The molecule has 0 saturated heterocycles. The molecule has 184 valence electrons. The van der Waals surface area contributed by atoms with Crippen LogP contribution in [0.5, 0.6) is 0 Å². The summed E-state index contributed by atoms with van der Waals surface area (Å²) in [6.45, 7) is 1.54.